The molecule has 1 saturated carbocycles. The molecule has 1 saturated heterocycles. The molecular weight excluding hydrogens is 200 g/mol. The number of allylic oxidation sites excluding steroid dienone is 1. The highest BCUT2D eigenvalue weighted by Crippen LogP contribution is 2.60. The summed E-state index contributed by atoms with van der Waals surface area (Å²) in [6.45, 7) is 10.5. The standard InChI is InChI=1S/C14H22O2/c1-9(8-10(2)15)12-13(3,4)7-6-11-14(12,5)16-11/h8,11-12H,6-7H2,1-5H3/b9-8+/t11-,12+,14-/m0/s1. The number of ether oxygens (including phenoxy) is 1. The molecule has 1 heterocycles. The third-order valence-corrected chi connectivity index (χ3v) is 4.27. The van der Waals surface area contributed by atoms with Crippen LogP contribution in [0.3, 0.4) is 0 Å². The van der Waals surface area contributed by atoms with Crippen LogP contribution in [0.4, 0.5) is 0 Å². The molecule has 0 aromatic carbocycles. The highest BCUT2D eigenvalue weighted by molar-refractivity contribution is 5.88. The lowest BCUT2D eigenvalue weighted by atomic mass is 9.61. The Hall–Kier alpha value is -0.630. The minimum Gasteiger partial charge on any atom is -0.366 e. The van der Waals surface area contributed by atoms with Gasteiger partial charge in [-0.2, -0.15) is 0 Å². The predicted molar refractivity (Wildman–Crippen MR) is 64.2 cm³/mol. The lowest BCUT2D eigenvalue weighted by Gasteiger charge is -2.41. The zero-order valence-electron chi connectivity index (χ0n) is 11.0. The third kappa shape index (κ3) is 1.73. The summed E-state index contributed by atoms with van der Waals surface area (Å²) in [5.41, 5.74) is 1.40. The van der Waals surface area contributed by atoms with Crippen LogP contribution in [0.5, 0.6) is 0 Å². The smallest absolute Gasteiger partial charge is 0.152 e. The van der Waals surface area contributed by atoms with Gasteiger partial charge in [-0.1, -0.05) is 19.4 Å². The van der Waals surface area contributed by atoms with E-state index in [1.807, 2.05) is 0 Å². The van der Waals surface area contributed by atoms with Crippen molar-refractivity contribution in [2.45, 2.75) is 59.2 Å². The van der Waals surface area contributed by atoms with Crippen LogP contribution in [0, 0.1) is 11.3 Å². The number of hydrogen-bond donors (Lipinski definition) is 0. The average molecular weight is 222 g/mol. The van der Waals surface area contributed by atoms with Crippen LogP contribution in [0.1, 0.15) is 47.5 Å². The van der Waals surface area contributed by atoms with E-state index in [0.717, 1.165) is 6.42 Å². The topological polar surface area (TPSA) is 29.6 Å². The molecule has 0 unspecified atom stereocenters. The summed E-state index contributed by atoms with van der Waals surface area (Å²) in [5, 5.41) is 0. The van der Waals surface area contributed by atoms with E-state index in [-0.39, 0.29) is 16.8 Å². The second kappa shape index (κ2) is 3.43. The molecule has 2 fully saturated rings. The van der Waals surface area contributed by atoms with Crippen LogP contribution in [-0.2, 0) is 9.53 Å². The van der Waals surface area contributed by atoms with Crippen LogP contribution in [-0.4, -0.2) is 17.5 Å². The fraction of sp³-hybridized carbons (Fsp3) is 0.786. The van der Waals surface area contributed by atoms with Crippen molar-refractivity contribution in [1.82, 2.24) is 0 Å². The van der Waals surface area contributed by atoms with Crippen LogP contribution < -0.4 is 0 Å². The van der Waals surface area contributed by atoms with Gasteiger partial charge in [0.05, 0.1) is 11.7 Å². The lowest BCUT2D eigenvalue weighted by Crippen LogP contribution is -2.41. The van der Waals surface area contributed by atoms with Gasteiger partial charge in [-0.15, -0.1) is 0 Å². The Labute approximate surface area is 98.1 Å². The van der Waals surface area contributed by atoms with Crippen molar-refractivity contribution in [2.24, 2.45) is 11.3 Å². The molecule has 16 heavy (non-hydrogen) atoms. The number of carbonyl (C=O) groups excluding carboxylic acids is 1. The summed E-state index contributed by atoms with van der Waals surface area (Å²) in [7, 11) is 0. The fourth-order valence-electron chi connectivity index (χ4n) is 3.77. The number of carbonyl (C=O) groups is 1. The number of ketones is 1. The van der Waals surface area contributed by atoms with E-state index in [1.54, 1.807) is 13.0 Å². The second-order valence-electron chi connectivity index (χ2n) is 6.25. The van der Waals surface area contributed by atoms with E-state index in [4.69, 9.17) is 4.74 Å². The largest absolute Gasteiger partial charge is 0.366 e. The first-order chi connectivity index (χ1) is 7.27. The number of hydrogen-bond acceptors (Lipinski definition) is 2. The number of rotatable bonds is 2. The van der Waals surface area contributed by atoms with Gasteiger partial charge in [0.25, 0.3) is 0 Å². The Morgan fingerprint density at radius 1 is 1.31 bits per heavy atom. The Morgan fingerprint density at radius 2 is 1.94 bits per heavy atom. The summed E-state index contributed by atoms with van der Waals surface area (Å²) < 4.78 is 5.86. The Morgan fingerprint density at radius 3 is 2.50 bits per heavy atom. The van der Waals surface area contributed by atoms with E-state index >= 15 is 0 Å². The molecule has 2 nitrogen and oxygen atoms in total. The van der Waals surface area contributed by atoms with Crippen molar-refractivity contribution in [3.63, 3.8) is 0 Å². The third-order valence-electron chi connectivity index (χ3n) is 4.27. The molecule has 0 bridgehead atoms. The van der Waals surface area contributed by atoms with Gasteiger partial charge < -0.3 is 4.74 Å². The average Bonchev–Trinajstić information content (AvgIpc) is 2.72. The van der Waals surface area contributed by atoms with E-state index in [0.29, 0.717) is 12.0 Å². The molecule has 0 aromatic rings. The van der Waals surface area contributed by atoms with Gasteiger partial charge in [0.15, 0.2) is 5.78 Å². The molecule has 0 aromatic heterocycles. The SMILES string of the molecule is CC(=O)/C=C(\C)[C@@H]1C(C)(C)CC[C@@H]2O[C@@]21C. The molecule has 0 radical (unpaired) electrons. The molecule has 0 spiro atoms. The van der Waals surface area contributed by atoms with E-state index in [9.17, 15) is 4.79 Å². The first-order valence-corrected chi connectivity index (χ1v) is 6.14. The van der Waals surface area contributed by atoms with Crippen molar-refractivity contribution in [3.05, 3.63) is 11.6 Å². The number of fused-ring (bicyclic) bond motifs is 1. The van der Waals surface area contributed by atoms with Gasteiger partial charge in [-0.3, -0.25) is 4.79 Å². The van der Waals surface area contributed by atoms with Crippen molar-refractivity contribution in [1.29, 1.82) is 0 Å². The van der Waals surface area contributed by atoms with Crippen LogP contribution in [0.15, 0.2) is 11.6 Å². The van der Waals surface area contributed by atoms with E-state index in [2.05, 4.69) is 27.7 Å². The van der Waals surface area contributed by atoms with Gasteiger partial charge in [0.1, 0.15) is 0 Å². The van der Waals surface area contributed by atoms with Crippen LogP contribution in [0.2, 0.25) is 0 Å². The summed E-state index contributed by atoms with van der Waals surface area (Å²) in [5.74, 6) is 0.516. The van der Waals surface area contributed by atoms with Gasteiger partial charge in [-0.25, -0.2) is 0 Å². The molecule has 2 rings (SSSR count). The van der Waals surface area contributed by atoms with Gasteiger partial charge in [0, 0.05) is 5.92 Å². The van der Waals surface area contributed by atoms with Gasteiger partial charge in [0.2, 0.25) is 0 Å². The van der Waals surface area contributed by atoms with Crippen LogP contribution >= 0.6 is 0 Å². The quantitative estimate of drug-likeness (QED) is 0.530. The summed E-state index contributed by atoms with van der Waals surface area (Å²) in [4.78, 5) is 11.2. The van der Waals surface area contributed by atoms with E-state index < -0.39 is 0 Å². The van der Waals surface area contributed by atoms with Gasteiger partial charge >= 0.3 is 0 Å². The summed E-state index contributed by atoms with van der Waals surface area (Å²) in [6, 6.07) is 0. The van der Waals surface area contributed by atoms with Crippen molar-refractivity contribution >= 4 is 5.78 Å². The monoisotopic (exact) mass is 222 g/mol. The minimum absolute atomic E-state index is 0.0161. The molecule has 0 amide bonds. The highest BCUT2D eigenvalue weighted by Gasteiger charge is 2.64. The van der Waals surface area contributed by atoms with Gasteiger partial charge in [-0.05, 0) is 45.1 Å². The Kier molecular flexibility index (Phi) is 2.54. The zero-order chi connectivity index (χ0) is 12.1. The Bertz CT molecular complexity index is 349. The zero-order valence-corrected chi connectivity index (χ0v) is 11.0. The normalized spacial score (nSPS) is 41.4. The molecule has 1 aliphatic carbocycles. The maximum absolute atomic E-state index is 11.2. The molecule has 90 valence electrons. The van der Waals surface area contributed by atoms with E-state index in [1.165, 1.54) is 12.0 Å². The molecule has 0 N–H and O–H groups in total. The maximum Gasteiger partial charge on any atom is 0.152 e. The lowest BCUT2D eigenvalue weighted by molar-refractivity contribution is -0.112. The number of epoxide rings is 1. The first-order valence-electron chi connectivity index (χ1n) is 6.14. The molecular formula is C14H22O2. The summed E-state index contributed by atoms with van der Waals surface area (Å²) in [6.07, 6.45) is 4.54. The van der Waals surface area contributed by atoms with Crippen molar-refractivity contribution < 1.29 is 9.53 Å². The molecule has 2 heteroatoms. The molecule has 2 aliphatic rings. The minimum atomic E-state index is -0.0161. The Balaban J connectivity index is 2.32. The van der Waals surface area contributed by atoms with Crippen molar-refractivity contribution in [3.8, 4) is 0 Å². The molecule has 3 atom stereocenters. The van der Waals surface area contributed by atoms with Crippen LogP contribution in [0.25, 0.3) is 0 Å². The van der Waals surface area contributed by atoms with Crippen molar-refractivity contribution in [2.75, 3.05) is 0 Å². The highest BCUT2D eigenvalue weighted by atomic mass is 16.6. The first kappa shape index (κ1) is 11.8. The predicted octanol–water partition coefficient (Wildman–Crippen LogP) is 3.12. The fourth-order valence-corrected chi connectivity index (χ4v) is 3.77. The second-order valence-corrected chi connectivity index (χ2v) is 6.25. The maximum atomic E-state index is 11.2. The molecule has 1 aliphatic heterocycles. The summed E-state index contributed by atoms with van der Waals surface area (Å²) >= 11 is 0.